The molecule has 184 valence electrons. The second-order valence-electron chi connectivity index (χ2n) is 9.80. The molecule has 0 spiro atoms. The van der Waals surface area contributed by atoms with E-state index in [1.807, 2.05) is 6.07 Å². The average Bonchev–Trinajstić information content (AvgIpc) is 2.78. The van der Waals surface area contributed by atoms with Crippen molar-refractivity contribution in [3.05, 3.63) is 53.1 Å². The number of nitrogens with two attached hydrogens (primary N) is 1. The van der Waals surface area contributed by atoms with E-state index in [-0.39, 0.29) is 40.3 Å². The molecule has 3 amide bonds. The number of rotatable bonds is 10. The number of hydrogen-bond donors (Lipinski definition) is 3. The van der Waals surface area contributed by atoms with Crippen LogP contribution in [0.5, 0.6) is 5.75 Å². The first-order chi connectivity index (χ1) is 15.8. The average molecular weight is 468 g/mol. The Kier molecular flexibility index (Phi) is 8.48. The fourth-order valence-electron chi connectivity index (χ4n) is 3.50. The van der Waals surface area contributed by atoms with Crippen LogP contribution in [0, 0.1) is 0 Å². The van der Waals surface area contributed by atoms with Crippen LogP contribution in [-0.2, 0) is 20.4 Å². The van der Waals surface area contributed by atoms with E-state index in [1.54, 1.807) is 12.1 Å². The van der Waals surface area contributed by atoms with E-state index in [9.17, 15) is 14.4 Å². The molecule has 2 aromatic rings. The van der Waals surface area contributed by atoms with Crippen molar-refractivity contribution in [1.29, 1.82) is 0 Å². The molecule has 0 saturated heterocycles. The molecule has 7 nitrogen and oxygen atoms in total. The summed E-state index contributed by atoms with van der Waals surface area (Å²) >= 11 is 0. The second-order valence-corrected chi connectivity index (χ2v) is 9.80. The molecule has 0 aliphatic heterocycles. The van der Waals surface area contributed by atoms with Gasteiger partial charge < -0.3 is 21.1 Å². The number of para-hydroxylation sites is 1. The third-order valence-corrected chi connectivity index (χ3v) is 6.52. The van der Waals surface area contributed by atoms with E-state index >= 15 is 0 Å². The number of hydrogen-bond acceptors (Lipinski definition) is 4. The smallest absolute Gasteiger partial charge is 0.262 e. The van der Waals surface area contributed by atoms with Crippen LogP contribution in [0.2, 0.25) is 0 Å². The maximum atomic E-state index is 12.7. The van der Waals surface area contributed by atoms with Gasteiger partial charge in [-0.25, -0.2) is 0 Å². The minimum Gasteiger partial charge on any atom is -0.483 e. The highest BCUT2D eigenvalue weighted by Crippen LogP contribution is 2.38. The van der Waals surface area contributed by atoms with Crippen molar-refractivity contribution in [3.63, 3.8) is 0 Å². The van der Waals surface area contributed by atoms with Crippen molar-refractivity contribution < 1.29 is 19.1 Å². The van der Waals surface area contributed by atoms with Gasteiger partial charge in [-0.1, -0.05) is 59.7 Å². The van der Waals surface area contributed by atoms with Gasteiger partial charge >= 0.3 is 0 Å². The zero-order valence-corrected chi connectivity index (χ0v) is 21.3. The van der Waals surface area contributed by atoms with E-state index in [1.165, 1.54) is 18.6 Å². The zero-order chi connectivity index (χ0) is 25.7. The van der Waals surface area contributed by atoms with Crippen LogP contribution < -0.4 is 21.1 Å². The number of anilines is 2. The number of carbonyl (C=O) groups excluding carboxylic acids is 3. The number of amides is 3. The first-order valence-electron chi connectivity index (χ1n) is 11.6. The van der Waals surface area contributed by atoms with Crippen molar-refractivity contribution in [2.24, 2.45) is 5.73 Å². The third-order valence-electron chi connectivity index (χ3n) is 6.52. The molecule has 7 heteroatoms. The minimum absolute atomic E-state index is 0.0278. The Balaban J connectivity index is 2.29. The summed E-state index contributed by atoms with van der Waals surface area (Å²) in [6.45, 7) is 14.1. The summed E-state index contributed by atoms with van der Waals surface area (Å²) in [4.78, 5) is 36.1. The Morgan fingerprint density at radius 2 is 1.59 bits per heavy atom. The first kappa shape index (κ1) is 26.9. The molecule has 4 N–H and O–H groups in total. The summed E-state index contributed by atoms with van der Waals surface area (Å²) in [7, 11) is 0. The van der Waals surface area contributed by atoms with Gasteiger partial charge in [0.05, 0.1) is 16.9 Å². The molecule has 0 saturated carbocycles. The molecular formula is C27H37N3O4. The largest absolute Gasteiger partial charge is 0.483 e. The summed E-state index contributed by atoms with van der Waals surface area (Å²) in [5.41, 5.74) is 8.13. The molecule has 0 bridgehead atoms. The van der Waals surface area contributed by atoms with Gasteiger partial charge in [0.25, 0.3) is 11.8 Å². The van der Waals surface area contributed by atoms with Crippen molar-refractivity contribution >= 4 is 29.1 Å². The maximum Gasteiger partial charge on any atom is 0.262 e. The van der Waals surface area contributed by atoms with E-state index in [4.69, 9.17) is 10.5 Å². The lowest BCUT2D eigenvalue weighted by molar-refractivity contribution is -0.118. The molecule has 0 radical (unpaired) electrons. The van der Waals surface area contributed by atoms with Crippen LogP contribution in [0.4, 0.5) is 11.4 Å². The Bertz CT molecular complexity index is 1070. The van der Waals surface area contributed by atoms with E-state index in [0.717, 1.165) is 18.4 Å². The predicted octanol–water partition coefficient (Wildman–Crippen LogP) is 5.14. The fraction of sp³-hybridized carbons (Fsp3) is 0.444. The molecule has 0 heterocycles. The fourth-order valence-corrected chi connectivity index (χ4v) is 3.50. The molecular weight excluding hydrogens is 430 g/mol. The number of benzene rings is 2. The number of primary amides is 1. The first-order valence-corrected chi connectivity index (χ1v) is 11.6. The van der Waals surface area contributed by atoms with Crippen LogP contribution in [-0.4, -0.2) is 24.3 Å². The van der Waals surface area contributed by atoms with E-state index < -0.39 is 11.8 Å². The number of ether oxygens (including phenoxy) is 1. The van der Waals surface area contributed by atoms with Gasteiger partial charge in [-0.05, 0) is 47.4 Å². The van der Waals surface area contributed by atoms with Crippen molar-refractivity contribution in [3.8, 4) is 5.75 Å². The summed E-state index contributed by atoms with van der Waals surface area (Å²) in [6, 6.07) is 10.8. The van der Waals surface area contributed by atoms with Gasteiger partial charge in [0.15, 0.2) is 6.61 Å². The van der Waals surface area contributed by atoms with Crippen LogP contribution in [0.15, 0.2) is 36.4 Å². The van der Waals surface area contributed by atoms with Gasteiger partial charge in [0.1, 0.15) is 5.75 Å². The molecule has 0 aliphatic rings. The second kappa shape index (κ2) is 10.7. The van der Waals surface area contributed by atoms with E-state index in [2.05, 4.69) is 64.3 Å². The minimum atomic E-state index is -0.711. The monoisotopic (exact) mass is 467 g/mol. The quantitative estimate of drug-likeness (QED) is 0.449. The lowest BCUT2D eigenvalue weighted by atomic mass is 9.76. The van der Waals surface area contributed by atoms with E-state index in [0.29, 0.717) is 5.75 Å². The topological polar surface area (TPSA) is 111 Å². The maximum absolute atomic E-state index is 12.7. The lowest BCUT2D eigenvalue weighted by Crippen LogP contribution is -2.25. The van der Waals surface area contributed by atoms with Gasteiger partial charge in [0, 0.05) is 12.5 Å². The van der Waals surface area contributed by atoms with Gasteiger partial charge in [-0.2, -0.15) is 0 Å². The molecule has 2 rings (SSSR count). The lowest BCUT2D eigenvalue weighted by Gasteiger charge is -2.30. The Morgan fingerprint density at radius 1 is 0.941 bits per heavy atom. The van der Waals surface area contributed by atoms with Gasteiger partial charge in [0.2, 0.25) is 5.91 Å². The van der Waals surface area contributed by atoms with Gasteiger partial charge in [-0.3, -0.25) is 14.4 Å². The van der Waals surface area contributed by atoms with Crippen LogP contribution in [0.25, 0.3) is 0 Å². The van der Waals surface area contributed by atoms with Crippen molar-refractivity contribution in [2.75, 3.05) is 17.2 Å². The Labute approximate surface area is 202 Å². The SMILES string of the molecule is CCC(C)(C)c1ccc(OCC(=O)Nc2cccc(C(N)=O)c2NC(C)=O)c(C(C)(C)CC)c1. The van der Waals surface area contributed by atoms with Crippen LogP contribution in [0.1, 0.15) is 82.8 Å². The molecule has 2 aromatic carbocycles. The summed E-state index contributed by atoms with van der Waals surface area (Å²) in [5, 5.41) is 5.28. The molecule has 0 aromatic heterocycles. The van der Waals surface area contributed by atoms with Crippen molar-refractivity contribution in [2.45, 2.75) is 72.1 Å². The molecule has 34 heavy (non-hydrogen) atoms. The molecule has 0 unspecified atom stereocenters. The summed E-state index contributed by atoms with van der Waals surface area (Å²) < 4.78 is 5.97. The van der Waals surface area contributed by atoms with Crippen LogP contribution >= 0.6 is 0 Å². The number of carbonyl (C=O) groups is 3. The molecule has 0 aliphatic carbocycles. The standard InChI is InChI=1S/C27H37N3O4/c1-8-26(4,5)18-13-14-22(20(15-18)27(6,7)9-2)34-16-23(32)30-21-12-10-11-19(25(28)33)24(21)29-17(3)31/h10-15H,8-9,16H2,1-7H3,(H2,28,33)(H,29,31)(H,30,32). The third kappa shape index (κ3) is 6.37. The predicted molar refractivity (Wildman–Crippen MR) is 136 cm³/mol. The van der Waals surface area contributed by atoms with Crippen LogP contribution in [0.3, 0.4) is 0 Å². The summed E-state index contributed by atoms with van der Waals surface area (Å²) in [6.07, 6.45) is 1.91. The molecule has 0 fully saturated rings. The van der Waals surface area contributed by atoms with Crippen molar-refractivity contribution in [1.82, 2.24) is 0 Å². The van der Waals surface area contributed by atoms with Gasteiger partial charge in [-0.15, -0.1) is 0 Å². The highest BCUT2D eigenvalue weighted by molar-refractivity contribution is 6.08. The highest BCUT2D eigenvalue weighted by Gasteiger charge is 2.27. The normalized spacial score (nSPS) is 11.6. The zero-order valence-electron chi connectivity index (χ0n) is 21.3. The summed E-state index contributed by atoms with van der Waals surface area (Å²) in [5.74, 6) is -0.864. The highest BCUT2D eigenvalue weighted by atomic mass is 16.5. The molecule has 0 atom stereocenters. The Morgan fingerprint density at radius 3 is 2.15 bits per heavy atom. The Hall–Kier alpha value is -3.35. The number of nitrogens with one attached hydrogen (secondary N) is 2.